The van der Waals surface area contributed by atoms with E-state index >= 15 is 0 Å². The van der Waals surface area contributed by atoms with E-state index in [1.54, 1.807) is 7.11 Å². The van der Waals surface area contributed by atoms with Gasteiger partial charge >= 0.3 is 0 Å². The highest BCUT2D eigenvalue weighted by Gasteiger charge is 2.55. The van der Waals surface area contributed by atoms with E-state index in [9.17, 15) is 4.79 Å². The van der Waals surface area contributed by atoms with E-state index in [0.717, 1.165) is 5.56 Å². The van der Waals surface area contributed by atoms with Gasteiger partial charge in [0.2, 0.25) is 5.91 Å². The van der Waals surface area contributed by atoms with Crippen LogP contribution >= 0.6 is 0 Å². The second-order valence-corrected chi connectivity index (χ2v) is 3.56. The molecule has 1 aliphatic carbocycles. The third-order valence-corrected chi connectivity index (χ3v) is 2.74. The molecule has 0 spiro atoms. The lowest BCUT2D eigenvalue weighted by atomic mass is 10.1. The van der Waals surface area contributed by atoms with Crippen LogP contribution in [0.5, 0.6) is 0 Å². The Morgan fingerprint density at radius 1 is 1.36 bits per heavy atom. The molecule has 0 unspecified atom stereocenters. The Hall–Kier alpha value is -1.35. The zero-order valence-electron chi connectivity index (χ0n) is 8.01. The maximum atomic E-state index is 11.1. The Bertz CT molecular complexity index is 336. The van der Waals surface area contributed by atoms with E-state index in [2.05, 4.69) is 0 Å². The van der Waals surface area contributed by atoms with Crippen molar-refractivity contribution in [2.75, 3.05) is 7.11 Å². The first kappa shape index (κ1) is 9.21. The van der Waals surface area contributed by atoms with Crippen LogP contribution in [0.3, 0.4) is 0 Å². The lowest BCUT2D eigenvalue weighted by Crippen LogP contribution is -2.16. The normalized spacial score (nSPS) is 29.9. The van der Waals surface area contributed by atoms with Crippen molar-refractivity contribution in [1.82, 2.24) is 0 Å². The fourth-order valence-electron chi connectivity index (χ4n) is 1.99. The minimum Gasteiger partial charge on any atom is -0.380 e. The Kier molecular flexibility index (Phi) is 2.25. The molecule has 0 aliphatic heterocycles. The molecule has 1 aliphatic rings. The molecule has 14 heavy (non-hydrogen) atoms. The number of rotatable bonds is 3. The second kappa shape index (κ2) is 3.42. The van der Waals surface area contributed by atoms with Crippen LogP contribution in [0.25, 0.3) is 0 Å². The summed E-state index contributed by atoms with van der Waals surface area (Å²) < 4.78 is 5.20. The molecule has 0 radical (unpaired) electrons. The maximum Gasteiger partial charge on any atom is 0.223 e. The van der Waals surface area contributed by atoms with Gasteiger partial charge in [0.1, 0.15) is 0 Å². The van der Waals surface area contributed by atoms with Gasteiger partial charge in [-0.1, -0.05) is 30.3 Å². The van der Waals surface area contributed by atoms with Crippen LogP contribution in [-0.2, 0) is 9.53 Å². The predicted octanol–water partition coefficient (Wildman–Crippen LogP) is 0.900. The molecule has 74 valence electrons. The summed E-state index contributed by atoms with van der Waals surface area (Å²) in [7, 11) is 1.61. The molecule has 2 rings (SSSR count). The summed E-state index contributed by atoms with van der Waals surface area (Å²) in [6.45, 7) is 0. The summed E-state index contributed by atoms with van der Waals surface area (Å²) in [6.07, 6.45) is -0.0325. The predicted molar refractivity (Wildman–Crippen MR) is 52.7 cm³/mol. The third-order valence-electron chi connectivity index (χ3n) is 2.74. The zero-order chi connectivity index (χ0) is 10.1. The van der Waals surface area contributed by atoms with Crippen LogP contribution in [-0.4, -0.2) is 19.1 Å². The van der Waals surface area contributed by atoms with Crippen LogP contribution in [0.15, 0.2) is 30.3 Å². The highest BCUT2D eigenvalue weighted by molar-refractivity contribution is 5.82. The monoisotopic (exact) mass is 191 g/mol. The van der Waals surface area contributed by atoms with Gasteiger partial charge < -0.3 is 10.5 Å². The van der Waals surface area contributed by atoms with Crippen LogP contribution in [0.2, 0.25) is 0 Å². The van der Waals surface area contributed by atoms with Crippen molar-refractivity contribution in [1.29, 1.82) is 0 Å². The lowest BCUT2D eigenvalue weighted by molar-refractivity contribution is -0.120. The molecule has 3 atom stereocenters. The van der Waals surface area contributed by atoms with Gasteiger partial charge in [-0.3, -0.25) is 4.79 Å². The first-order valence-electron chi connectivity index (χ1n) is 4.62. The zero-order valence-corrected chi connectivity index (χ0v) is 8.01. The lowest BCUT2D eigenvalue weighted by Gasteiger charge is -1.96. The van der Waals surface area contributed by atoms with Crippen LogP contribution in [0, 0.1) is 5.92 Å². The van der Waals surface area contributed by atoms with Crippen molar-refractivity contribution < 1.29 is 9.53 Å². The molecule has 0 bridgehead atoms. The summed E-state index contributed by atoms with van der Waals surface area (Å²) >= 11 is 0. The number of ether oxygens (including phenoxy) is 1. The number of amides is 1. The van der Waals surface area contributed by atoms with Crippen LogP contribution in [0.4, 0.5) is 0 Å². The summed E-state index contributed by atoms with van der Waals surface area (Å²) in [5.74, 6) is -0.271. The van der Waals surface area contributed by atoms with E-state index < -0.39 is 0 Å². The van der Waals surface area contributed by atoms with E-state index in [1.165, 1.54) is 0 Å². The van der Waals surface area contributed by atoms with Gasteiger partial charge in [0.25, 0.3) is 0 Å². The van der Waals surface area contributed by atoms with Gasteiger partial charge in [-0.2, -0.15) is 0 Å². The van der Waals surface area contributed by atoms with Gasteiger partial charge in [-0.25, -0.2) is 0 Å². The summed E-state index contributed by atoms with van der Waals surface area (Å²) in [5.41, 5.74) is 6.40. The third kappa shape index (κ3) is 1.40. The molecule has 3 heteroatoms. The van der Waals surface area contributed by atoms with Crippen LogP contribution in [0.1, 0.15) is 11.5 Å². The average Bonchev–Trinajstić information content (AvgIpc) is 2.93. The van der Waals surface area contributed by atoms with Crippen molar-refractivity contribution in [3.63, 3.8) is 0 Å². The quantitative estimate of drug-likeness (QED) is 0.771. The minimum atomic E-state index is -0.272. The van der Waals surface area contributed by atoms with Gasteiger partial charge in [-0.15, -0.1) is 0 Å². The second-order valence-electron chi connectivity index (χ2n) is 3.56. The number of benzene rings is 1. The number of primary amides is 1. The minimum absolute atomic E-state index is 0.0325. The molecule has 0 saturated heterocycles. The number of carbonyl (C=O) groups is 1. The Balaban J connectivity index is 2.18. The van der Waals surface area contributed by atoms with Crippen molar-refractivity contribution >= 4 is 5.91 Å². The molecule has 0 aromatic heterocycles. The molecule has 2 N–H and O–H groups in total. The van der Waals surface area contributed by atoms with Gasteiger partial charge in [0, 0.05) is 13.0 Å². The number of methoxy groups -OCH3 is 1. The van der Waals surface area contributed by atoms with Crippen molar-refractivity contribution in [2.24, 2.45) is 11.7 Å². The van der Waals surface area contributed by atoms with E-state index in [4.69, 9.17) is 10.5 Å². The fourth-order valence-corrected chi connectivity index (χ4v) is 1.99. The smallest absolute Gasteiger partial charge is 0.223 e. The van der Waals surface area contributed by atoms with E-state index in [-0.39, 0.29) is 23.8 Å². The molecule has 1 amide bonds. The molecule has 1 aromatic rings. The van der Waals surface area contributed by atoms with E-state index in [1.807, 2.05) is 30.3 Å². The molecular weight excluding hydrogens is 178 g/mol. The molecular formula is C11H13NO2. The number of nitrogens with two attached hydrogens (primary N) is 1. The molecule has 0 heterocycles. The van der Waals surface area contributed by atoms with Crippen molar-refractivity contribution in [3.8, 4) is 0 Å². The maximum absolute atomic E-state index is 11.1. The number of carbonyl (C=O) groups excluding carboxylic acids is 1. The van der Waals surface area contributed by atoms with E-state index in [0.29, 0.717) is 0 Å². The summed E-state index contributed by atoms with van der Waals surface area (Å²) in [5, 5.41) is 0. The highest BCUT2D eigenvalue weighted by atomic mass is 16.5. The van der Waals surface area contributed by atoms with Crippen LogP contribution < -0.4 is 5.73 Å². The highest BCUT2D eigenvalue weighted by Crippen LogP contribution is 2.49. The van der Waals surface area contributed by atoms with Crippen molar-refractivity contribution in [2.45, 2.75) is 12.0 Å². The SMILES string of the molecule is CO[C@H]1[C@H](C(N)=O)[C@H]1c1ccccc1. The topological polar surface area (TPSA) is 52.3 Å². The Labute approximate surface area is 82.9 Å². The summed E-state index contributed by atoms with van der Waals surface area (Å²) in [6, 6.07) is 9.86. The molecule has 3 nitrogen and oxygen atoms in total. The fraction of sp³-hybridized carbons (Fsp3) is 0.364. The Morgan fingerprint density at radius 2 is 2.00 bits per heavy atom. The largest absolute Gasteiger partial charge is 0.380 e. The number of hydrogen-bond donors (Lipinski definition) is 1. The van der Waals surface area contributed by atoms with Gasteiger partial charge in [0.05, 0.1) is 12.0 Å². The van der Waals surface area contributed by atoms with Crippen molar-refractivity contribution in [3.05, 3.63) is 35.9 Å². The Morgan fingerprint density at radius 3 is 2.43 bits per heavy atom. The van der Waals surface area contributed by atoms with Gasteiger partial charge in [0.15, 0.2) is 0 Å². The number of hydrogen-bond acceptors (Lipinski definition) is 2. The molecule has 1 fully saturated rings. The summed E-state index contributed by atoms with van der Waals surface area (Å²) in [4.78, 5) is 11.1. The first-order valence-corrected chi connectivity index (χ1v) is 4.62. The van der Waals surface area contributed by atoms with Gasteiger partial charge in [-0.05, 0) is 5.56 Å². The molecule has 1 saturated carbocycles. The average molecular weight is 191 g/mol. The first-order chi connectivity index (χ1) is 6.75. The molecule has 1 aromatic carbocycles. The standard InChI is InChI=1S/C11H13NO2/c1-14-10-8(9(10)11(12)13)7-5-3-2-4-6-7/h2-6,8-10H,1H3,(H2,12,13)/t8-,9-,10-/m1/s1.